The van der Waals surface area contributed by atoms with Gasteiger partial charge in [-0.15, -0.1) is 0 Å². The third kappa shape index (κ3) is 2.28. The molecule has 0 bridgehead atoms. The Morgan fingerprint density at radius 2 is 1.84 bits per heavy atom. The summed E-state index contributed by atoms with van der Waals surface area (Å²) in [5, 5.41) is 0. The van der Waals surface area contributed by atoms with Gasteiger partial charge in [-0.1, -0.05) is 24.1 Å². The lowest BCUT2D eigenvalue weighted by atomic mass is 9.78. The van der Waals surface area contributed by atoms with Crippen molar-refractivity contribution in [1.29, 1.82) is 0 Å². The van der Waals surface area contributed by atoms with Gasteiger partial charge in [0.1, 0.15) is 0 Å². The number of rotatable bonds is 1. The van der Waals surface area contributed by atoms with Crippen LogP contribution in [0.3, 0.4) is 0 Å². The molecule has 1 saturated heterocycles. The lowest BCUT2D eigenvalue weighted by molar-refractivity contribution is 0.00578. The number of hydrogen-bond donors (Lipinski definition) is 1. The fraction of sp³-hybridized carbons (Fsp3) is 0.571. The smallest absolute Gasteiger partial charge is 0.399 e. The van der Waals surface area contributed by atoms with E-state index in [0.717, 1.165) is 17.6 Å². The van der Waals surface area contributed by atoms with Crippen molar-refractivity contribution in [3.8, 4) is 0 Å². The molecule has 0 unspecified atom stereocenters. The lowest BCUT2D eigenvalue weighted by Gasteiger charge is -2.32. The van der Waals surface area contributed by atoms with E-state index in [1.54, 1.807) is 11.9 Å². The molecule has 5 heteroatoms. The van der Waals surface area contributed by atoms with E-state index in [2.05, 4.69) is 50.6 Å². The summed E-state index contributed by atoms with van der Waals surface area (Å²) >= 11 is 1.76. The SMILES string of the molecule is CC1(C)OB(c2ccc3c(c2)CCSN3)OC1(C)C. The number of anilines is 1. The van der Waals surface area contributed by atoms with E-state index in [-0.39, 0.29) is 18.3 Å². The minimum absolute atomic E-state index is 0.259. The maximum atomic E-state index is 6.09. The summed E-state index contributed by atoms with van der Waals surface area (Å²) in [7, 11) is -0.259. The predicted octanol–water partition coefficient (Wildman–Crippen LogP) is 2.60. The van der Waals surface area contributed by atoms with Crippen molar-refractivity contribution < 1.29 is 9.31 Å². The summed E-state index contributed by atoms with van der Waals surface area (Å²) < 4.78 is 15.5. The van der Waals surface area contributed by atoms with Crippen molar-refractivity contribution in [3.63, 3.8) is 0 Å². The highest BCUT2D eigenvalue weighted by Gasteiger charge is 2.51. The van der Waals surface area contributed by atoms with Gasteiger partial charge >= 0.3 is 7.12 Å². The molecule has 3 nitrogen and oxygen atoms in total. The number of hydrogen-bond acceptors (Lipinski definition) is 4. The normalized spacial score (nSPS) is 23.9. The molecule has 19 heavy (non-hydrogen) atoms. The van der Waals surface area contributed by atoms with Crippen LogP contribution in [0.1, 0.15) is 33.3 Å². The molecule has 3 rings (SSSR count). The van der Waals surface area contributed by atoms with Gasteiger partial charge in [-0.05, 0) is 51.2 Å². The van der Waals surface area contributed by atoms with Crippen molar-refractivity contribution >= 4 is 30.2 Å². The summed E-state index contributed by atoms with van der Waals surface area (Å²) in [5.74, 6) is 1.11. The molecule has 1 fully saturated rings. The second-order valence-corrected chi connectivity index (χ2v) is 7.11. The highest BCUT2D eigenvalue weighted by molar-refractivity contribution is 8.00. The zero-order valence-electron chi connectivity index (χ0n) is 11.9. The predicted molar refractivity (Wildman–Crippen MR) is 81.9 cm³/mol. The zero-order valence-corrected chi connectivity index (χ0v) is 12.8. The number of benzene rings is 1. The van der Waals surface area contributed by atoms with Crippen LogP contribution >= 0.6 is 11.9 Å². The van der Waals surface area contributed by atoms with Crippen molar-refractivity contribution in [2.45, 2.75) is 45.3 Å². The summed E-state index contributed by atoms with van der Waals surface area (Å²) in [6.07, 6.45) is 1.10. The number of nitrogens with one attached hydrogen (secondary N) is 1. The number of aryl methyl sites for hydroxylation is 1. The van der Waals surface area contributed by atoms with Crippen LogP contribution in [0, 0.1) is 0 Å². The minimum Gasteiger partial charge on any atom is -0.399 e. The molecular formula is C14H20BNO2S. The highest BCUT2D eigenvalue weighted by atomic mass is 32.2. The third-order valence-corrected chi connectivity index (χ3v) is 5.08. The molecule has 0 saturated carbocycles. The average Bonchev–Trinajstić information content (AvgIpc) is 2.58. The Balaban J connectivity index is 1.88. The molecule has 0 aromatic heterocycles. The molecule has 0 aliphatic carbocycles. The molecule has 0 atom stereocenters. The average molecular weight is 277 g/mol. The summed E-state index contributed by atoms with van der Waals surface area (Å²) in [6, 6.07) is 6.44. The molecule has 0 amide bonds. The lowest BCUT2D eigenvalue weighted by Crippen LogP contribution is -2.41. The topological polar surface area (TPSA) is 30.5 Å². The Bertz CT molecular complexity index is 488. The maximum absolute atomic E-state index is 6.09. The van der Waals surface area contributed by atoms with Crippen molar-refractivity contribution in [2.75, 3.05) is 10.5 Å². The van der Waals surface area contributed by atoms with E-state index in [1.165, 1.54) is 11.3 Å². The number of fused-ring (bicyclic) bond motifs is 1. The van der Waals surface area contributed by atoms with Gasteiger partial charge in [0, 0.05) is 11.4 Å². The second kappa shape index (κ2) is 4.43. The molecular weight excluding hydrogens is 257 g/mol. The molecule has 2 heterocycles. The van der Waals surface area contributed by atoms with Crippen LogP contribution < -0.4 is 10.2 Å². The fourth-order valence-electron chi connectivity index (χ4n) is 2.34. The van der Waals surface area contributed by atoms with Gasteiger partial charge in [0.2, 0.25) is 0 Å². The molecule has 1 N–H and O–H groups in total. The van der Waals surface area contributed by atoms with Crippen LogP contribution in [0.5, 0.6) is 0 Å². The first-order valence-corrected chi connectivity index (χ1v) is 7.74. The molecule has 2 aliphatic heterocycles. The van der Waals surface area contributed by atoms with Crippen LogP contribution in [0.25, 0.3) is 0 Å². The van der Waals surface area contributed by atoms with Crippen LogP contribution in [0.15, 0.2) is 18.2 Å². The Morgan fingerprint density at radius 1 is 1.16 bits per heavy atom. The first-order chi connectivity index (χ1) is 8.89. The Hall–Kier alpha value is -0.645. The minimum atomic E-state index is -0.276. The van der Waals surface area contributed by atoms with Gasteiger partial charge in [0.25, 0.3) is 0 Å². The Morgan fingerprint density at radius 3 is 2.53 bits per heavy atom. The van der Waals surface area contributed by atoms with Crippen LogP contribution in [0.2, 0.25) is 0 Å². The zero-order chi connectivity index (χ0) is 13.7. The maximum Gasteiger partial charge on any atom is 0.494 e. The molecule has 0 spiro atoms. The third-order valence-electron chi connectivity index (χ3n) is 4.31. The molecule has 1 aromatic carbocycles. The molecule has 102 valence electrons. The van der Waals surface area contributed by atoms with Crippen molar-refractivity contribution in [2.24, 2.45) is 0 Å². The Labute approximate surface area is 119 Å². The summed E-state index contributed by atoms with van der Waals surface area (Å²) in [6.45, 7) is 8.35. The van der Waals surface area contributed by atoms with Gasteiger partial charge in [-0.2, -0.15) is 0 Å². The first kappa shape index (κ1) is 13.3. The first-order valence-electron chi connectivity index (χ1n) is 6.75. The van der Waals surface area contributed by atoms with Gasteiger partial charge in [0.15, 0.2) is 0 Å². The molecule has 1 aromatic rings. The van der Waals surface area contributed by atoms with Crippen LogP contribution in [-0.4, -0.2) is 24.1 Å². The summed E-state index contributed by atoms with van der Waals surface area (Å²) in [5.41, 5.74) is 3.14. The monoisotopic (exact) mass is 277 g/mol. The van der Waals surface area contributed by atoms with Crippen molar-refractivity contribution in [1.82, 2.24) is 0 Å². The van der Waals surface area contributed by atoms with E-state index in [0.29, 0.717) is 0 Å². The van der Waals surface area contributed by atoms with Gasteiger partial charge < -0.3 is 14.0 Å². The fourth-order valence-corrected chi connectivity index (χ4v) is 3.11. The van der Waals surface area contributed by atoms with E-state index in [1.807, 2.05) is 0 Å². The largest absolute Gasteiger partial charge is 0.494 e. The van der Waals surface area contributed by atoms with Crippen LogP contribution in [-0.2, 0) is 15.7 Å². The van der Waals surface area contributed by atoms with E-state index >= 15 is 0 Å². The summed E-state index contributed by atoms with van der Waals surface area (Å²) in [4.78, 5) is 0. The highest BCUT2D eigenvalue weighted by Crippen LogP contribution is 2.36. The van der Waals surface area contributed by atoms with E-state index < -0.39 is 0 Å². The second-order valence-electron chi connectivity index (χ2n) is 6.21. The molecule has 0 radical (unpaired) electrons. The van der Waals surface area contributed by atoms with Gasteiger partial charge in [-0.25, -0.2) is 0 Å². The van der Waals surface area contributed by atoms with E-state index in [4.69, 9.17) is 9.31 Å². The van der Waals surface area contributed by atoms with Gasteiger partial charge in [-0.3, -0.25) is 0 Å². The standard InChI is InChI=1S/C14H20BNO2S/c1-13(2)14(3,4)18-15(17-13)11-5-6-12-10(9-11)7-8-19-16-12/h5-6,9,16H,7-8H2,1-4H3. The van der Waals surface area contributed by atoms with Gasteiger partial charge in [0.05, 0.1) is 11.2 Å². The van der Waals surface area contributed by atoms with Crippen LogP contribution in [0.4, 0.5) is 5.69 Å². The van der Waals surface area contributed by atoms with E-state index in [9.17, 15) is 0 Å². The molecule has 2 aliphatic rings. The Kier molecular flexibility index (Phi) is 3.11. The quantitative estimate of drug-likeness (QED) is 0.631. The van der Waals surface area contributed by atoms with Crippen molar-refractivity contribution in [3.05, 3.63) is 23.8 Å².